The first-order valence-corrected chi connectivity index (χ1v) is 6.99. The van der Waals surface area contributed by atoms with Crippen molar-refractivity contribution < 1.29 is 0 Å². The fraction of sp³-hybridized carbons (Fsp3) is 0.357. The van der Waals surface area contributed by atoms with Crippen molar-refractivity contribution in [1.29, 1.82) is 0 Å². The molecule has 18 heavy (non-hydrogen) atoms. The van der Waals surface area contributed by atoms with E-state index in [0.717, 1.165) is 29.8 Å². The van der Waals surface area contributed by atoms with Gasteiger partial charge in [-0.1, -0.05) is 28.1 Å². The summed E-state index contributed by atoms with van der Waals surface area (Å²) >= 11 is 3.59. The van der Waals surface area contributed by atoms with Gasteiger partial charge in [0.2, 0.25) is 0 Å². The van der Waals surface area contributed by atoms with Gasteiger partial charge < -0.3 is 10.6 Å². The van der Waals surface area contributed by atoms with Crippen molar-refractivity contribution in [3.05, 3.63) is 34.9 Å². The SMILES string of the molecule is CC1(Nc2nccc3c(Br)cccc23)CCNC1. The Hall–Kier alpha value is -1.13. The Bertz CT molecular complexity index is 576. The van der Waals surface area contributed by atoms with Gasteiger partial charge in [0.25, 0.3) is 0 Å². The molecule has 0 saturated carbocycles. The molecule has 2 heterocycles. The minimum absolute atomic E-state index is 0.101. The van der Waals surface area contributed by atoms with Gasteiger partial charge in [0.15, 0.2) is 0 Å². The number of hydrogen-bond acceptors (Lipinski definition) is 3. The number of nitrogens with zero attached hydrogens (tertiary/aromatic N) is 1. The van der Waals surface area contributed by atoms with Crippen molar-refractivity contribution in [1.82, 2.24) is 10.3 Å². The lowest BCUT2D eigenvalue weighted by atomic mass is 10.0. The van der Waals surface area contributed by atoms with Crippen LogP contribution in [0.3, 0.4) is 0 Å². The Morgan fingerprint density at radius 2 is 2.22 bits per heavy atom. The summed E-state index contributed by atoms with van der Waals surface area (Å²) in [4.78, 5) is 4.50. The summed E-state index contributed by atoms with van der Waals surface area (Å²) in [6.45, 7) is 4.29. The average molecular weight is 306 g/mol. The predicted molar refractivity (Wildman–Crippen MR) is 79.0 cm³/mol. The summed E-state index contributed by atoms with van der Waals surface area (Å²) < 4.78 is 1.11. The largest absolute Gasteiger partial charge is 0.363 e. The zero-order valence-electron chi connectivity index (χ0n) is 10.3. The monoisotopic (exact) mass is 305 g/mol. The molecule has 0 radical (unpaired) electrons. The number of aromatic nitrogens is 1. The number of benzene rings is 1. The quantitative estimate of drug-likeness (QED) is 0.895. The summed E-state index contributed by atoms with van der Waals surface area (Å²) in [7, 11) is 0. The zero-order chi connectivity index (χ0) is 12.6. The molecule has 0 aliphatic carbocycles. The standard InChI is InChI=1S/C14H16BrN3/c1-14(6-8-16-9-14)18-13-11-3-2-4-12(15)10(11)5-7-17-13/h2-5,7,16H,6,8-9H2,1H3,(H,17,18). The third kappa shape index (κ3) is 2.10. The van der Waals surface area contributed by atoms with Gasteiger partial charge in [0, 0.05) is 33.5 Å². The van der Waals surface area contributed by atoms with Crippen molar-refractivity contribution in [2.45, 2.75) is 18.9 Å². The van der Waals surface area contributed by atoms with Gasteiger partial charge in [0.1, 0.15) is 5.82 Å². The molecule has 1 aliphatic heterocycles. The van der Waals surface area contributed by atoms with Crippen molar-refractivity contribution in [2.24, 2.45) is 0 Å². The Balaban J connectivity index is 2.04. The van der Waals surface area contributed by atoms with E-state index < -0.39 is 0 Å². The minimum Gasteiger partial charge on any atom is -0.363 e. The van der Waals surface area contributed by atoms with E-state index in [0.29, 0.717) is 0 Å². The maximum absolute atomic E-state index is 4.50. The van der Waals surface area contributed by atoms with Gasteiger partial charge in [-0.25, -0.2) is 4.98 Å². The Morgan fingerprint density at radius 3 is 3.00 bits per heavy atom. The van der Waals surface area contributed by atoms with E-state index in [1.807, 2.05) is 12.3 Å². The van der Waals surface area contributed by atoms with E-state index in [1.54, 1.807) is 0 Å². The highest BCUT2D eigenvalue weighted by Crippen LogP contribution is 2.30. The lowest BCUT2D eigenvalue weighted by molar-refractivity contribution is 0.565. The van der Waals surface area contributed by atoms with E-state index in [4.69, 9.17) is 0 Å². The first-order valence-electron chi connectivity index (χ1n) is 6.20. The third-order valence-corrected chi connectivity index (χ3v) is 4.23. The highest BCUT2D eigenvalue weighted by molar-refractivity contribution is 9.10. The molecule has 1 aromatic carbocycles. The molecule has 0 spiro atoms. The number of hydrogen-bond donors (Lipinski definition) is 2. The Morgan fingerprint density at radius 1 is 1.33 bits per heavy atom. The lowest BCUT2D eigenvalue weighted by Crippen LogP contribution is -2.37. The van der Waals surface area contributed by atoms with Crippen LogP contribution in [0.1, 0.15) is 13.3 Å². The fourth-order valence-electron chi connectivity index (χ4n) is 2.48. The van der Waals surface area contributed by atoms with Crippen molar-refractivity contribution >= 4 is 32.5 Å². The highest BCUT2D eigenvalue weighted by atomic mass is 79.9. The fourth-order valence-corrected chi connectivity index (χ4v) is 2.98. The van der Waals surface area contributed by atoms with Crippen LogP contribution in [0, 0.1) is 0 Å². The van der Waals surface area contributed by atoms with Crippen LogP contribution >= 0.6 is 15.9 Å². The second-order valence-electron chi connectivity index (χ2n) is 5.11. The molecular weight excluding hydrogens is 290 g/mol. The minimum atomic E-state index is 0.101. The first kappa shape index (κ1) is 11.9. The molecule has 1 atom stereocenters. The van der Waals surface area contributed by atoms with Crippen LogP contribution in [0.5, 0.6) is 0 Å². The van der Waals surface area contributed by atoms with Crippen LogP contribution < -0.4 is 10.6 Å². The van der Waals surface area contributed by atoms with Crippen molar-refractivity contribution in [2.75, 3.05) is 18.4 Å². The average Bonchev–Trinajstić information content (AvgIpc) is 2.77. The van der Waals surface area contributed by atoms with Gasteiger partial charge in [-0.05, 0) is 32.0 Å². The van der Waals surface area contributed by atoms with Crippen LogP contribution in [0.15, 0.2) is 34.9 Å². The molecule has 1 aromatic heterocycles. The molecule has 3 nitrogen and oxygen atoms in total. The van der Waals surface area contributed by atoms with Gasteiger partial charge in [-0.2, -0.15) is 0 Å². The maximum Gasteiger partial charge on any atom is 0.134 e. The predicted octanol–water partition coefficient (Wildman–Crippen LogP) is 3.16. The number of nitrogens with one attached hydrogen (secondary N) is 2. The van der Waals surface area contributed by atoms with Gasteiger partial charge >= 0.3 is 0 Å². The first-order chi connectivity index (χ1) is 8.68. The molecule has 2 aromatic rings. The molecule has 0 amide bonds. The van der Waals surface area contributed by atoms with Crippen LogP contribution in [0.4, 0.5) is 5.82 Å². The maximum atomic E-state index is 4.50. The molecule has 1 saturated heterocycles. The van der Waals surface area contributed by atoms with E-state index >= 15 is 0 Å². The third-order valence-electron chi connectivity index (χ3n) is 3.54. The van der Waals surface area contributed by atoms with Crippen LogP contribution in [-0.4, -0.2) is 23.6 Å². The van der Waals surface area contributed by atoms with Crippen LogP contribution in [0.25, 0.3) is 10.8 Å². The van der Waals surface area contributed by atoms with E-state index in [2.05, 4.69) is 56.7 Å². The number of pyridine rings is 1. The summed E-state index contributed by atoms with van der Waals surface area (Å²) in [5.74, 6) is 0.972. The van der Waals surface area contributed by atoms with Gasteiger partial charge in [0.05, 0.1) is 0 Å². The molecule has 3 rings (SSSR count). The molecule has 1 aliphatic rings. The van der Waals surface area contributed by atoms with E-state index in [-0.39, 0.29) is 5.54 Å². The zero-order valence-corrected chi connectivity index (χ0v) is 11.9. The van der Waals surface area contributed by atoms with Crippen molar-refractivity contribution in [3.63, 3.8) is 0 Å². The summed E-state index contributed by atoms with van der Waals surface area (Å²) in [6.07, 6.45) is 2.99. The summed E-state index contributed by atoms with van der Waals surface area (Å²) in [5.41, 5.74) is 0.101. The molecule has 94 valence electrons. The second kappa shape index (κ2) is 4.52. The topological polar surface area (TPSA) is 37.0 Å². The second-order valence-corrected chi connectivity index (χ2v) is 5.96. The van der Waals surface area contributed by atoms with E-state index in [9.17, 15) is 0 Å². The normalized spacial score (nSPS) is 23.4. The van der Waals surface area contributed by atoms with E-state index in [1.165, 1.54) is 10.8 Å². The summed E-state index contributed by atoms with van der Waals surface area (Å²) in [6, 6.07) is 8.26. The number of anilines is 1. The van der Waals surface area contributed by atoms with Crippen molar-refractivity contribution in [3.8, 4) is 0 Å². The smallest absolute Gasteiger partial charge is 0.134 e. The van der Waals surface area contributed by atoms with Crippen LogP contribution in [0.2, 0.25) is 0 Å². The highest BCUT2D eigenvalue weighted by Gasteiger charge is 2.28. The lowest BCUT2D eigenvalue weighted by Gasteiger charge is -2.26. The molecule has 2 N–H and O–H groups in total. The number of halogens is 1. The van der Waals surface area contributed by atoms with Gasteiger partial charge in [-0.15, -0.1) is 0 Å². The van der Waals surface area contributed by atoms with Crippen LogP contribution in [-0.2, 0) is 0 Å². The Kier molecular flexibility index (Phi) is 2.99. The number of rotatable bonds is 2. The molecule has 0 bridgehead atoms. The molecule has 1 fully saturated rings. The number of fused-ring (bicyclic) bond motifs is 1. The summed E-state index contributed by atoms with van der Waals surface area (Å²) in [5, 5.41) is 9.35. The van der Waals surface area contributed by atoms with Gasteiger partial charge in [-0.3, -0.25) is 0 Å². The Labute approximate surface area is 115 Å². The molecule has 4 heteroatoms. The molecular formula is C14H16BrN3. The molecule has 1 unspecified atom stereocenters.